The third-order valence-corrected chi connectivity index (χ3v) is 7.20. The average Bonchev–Trinajstić information content (AvgIpc) is 3.30. The number of aryl methyl sites for hydroxylation is 1. The molecule has 6 rings (SSSR count). The summed E-state index contributed by atoms with van der Waals surface area (Å²) in [6, 6.07) is 14.1. The molecule has 2 amide bonds. The first-order chi connectivity index (χ1) is 17.6. The van der Waals surface area contributed by atoms with Crippen LogP contribution in [0.3, 0.4) is 0 Å². The molecule has 36 heavy (non-hydrogen) atoms. The summed E-state index contributed by atoms with van der Waals surface area (Å²) in [5.41, 5.74) is 3.77. The third-order valence-electron chi connectivity index (χ3n) is 7.20. The lowest BCUT2D eigenvalue weighted by molar-refractivity contribution is 0.122. The molecule has 0 radical (unpaired) electrons. The molecule has 2 aromatic heterocycles. The number of carbonyl (C=O) groups is 1. The maximum absolute atomic E-state index is 12.7. The van der Waals surface area contributed by atoms with Gasteiger partial charge in [-0.1, -0.05) is 0 Å². The van der Waals surface area contributed by atoms with Crippen LogP contribution in [0.4, 0.5) is 16.3 Å². The van der Waals surface area contributed by atoms with Gasteiger partial charge in [0.2, 0.25) is 0 Å². The number of hydrogen-bond donors (Lipinski definition) is 1. The van der Waals surface area contributed by atoms with Crippen molar-refractivity contribution in [3.8, 4) is 11.4 Å². The first kappa shape index (κ1) is 22.8. The van der Waals surface area contributed by atoms with E-state index in [1.807, 2.05) is 36.2 Å². The molecule has 0 unspecified atom stereocenters. The number of hydrogen-bond acceptors (Lipinski definition) is 6. The Morgan fingerprint density at radius 3 is 2.36 bits per heavy atom. The fourth-order valence-corrected chi connectivity index (χ4v) is 4.99. The van der Waals surface area contributed by atoms with E-state index >= 15 is 0 Å². The van der Waals surface area contributed by atoms with Gasteiger partial charge in [0.1, 0.15) is 5.82 Å². The molecule has 4 heterocycles. The molecule has 9 heteroatoms. The maximum Gasteiger partial charge on any atom is 0.321 e. The molecule has 0 spiro atoms. The highest BCUT2D eigenvalue weighted by molar-refractivity contribution is 6.08. The number of urea groups is 1. The van der Waals surface area contributed by atoms with Gasteiger partial charge >= 0.3 is 6.03 Å². The van der Waals surface area contributed by atoms with Crippen LogP contribution in [0.5, 0.6) is 0 Å². The zero-order valence-corrected chi connectivity index (χ0v) is 20.8. The van der Waals surface area contributed by atoms with E-state index in [1.165, 1.54) is 0 Å². The molecule has 0 atom stereocenters. The molecule has 186 valence electrons. The van der Waals surface area contributed by atoms with Crippen LogP contribution in [0.15, 0.2) is 48.7 Å². The van der Waals surface area contributed by atoms with Crippen LogP contribution in [0, 0.1) is 0 Å². The van der Waals surface area contributed by atoms with Crippen LogP contribution in [-0.2, 0) is 11.8 Å². The minimum Gasteiger partial charge on any atom is -0.378 e. The van der Waals surface area contributed by atoms with Crippen LogP contribution in [0.25, 0.3) is 33.2 Å². The molecule has 0 aliphatic carbocycles. The number of ether oxygens (including phenoxy) is 1. The summed E-state index contributed by atoms with van der Waals surface area (Å²) in [6.07, 6.45) is 2.07. The minimum absolute atomic E-state index is 0.0566. The van der Waals surface area contributed by atoms with Gasteiger partial charge in [0.15, 0.2) is 5.82 Å². The summed E-state index contributed by atoms with van der Waals surface area (Å²) in [4.78, 5) is 29.1. The Hall–Kier alpha value is -3.69. The summed E-state index contributed by atoms with van der Waals surface area (Å²) in [7, 11) is 4.13. The Balaban J connectivity index is 1.34. The lowest BCUT2D eigenvalue weighted by Gasteiger charge is -2.32. The number of likely N-dealkylation sites (N-methyl/N-ethyl adjacent to an activating group) is 1. The highest BCUT2D eigenvalue weighted by Crippen LogP contribution is 2.33. The van der Waals surface area contributed by atoms with Crippen molar-refractivity contribution in [3.05, 3.63) is 48.7 Å². The number of carbonyl (C=O) groups excluding carboxylic acids is 1. The smallest absolute Gasteiger partial charge is 0.321 e. The maximum atomic E-state index is 12.7. The summed E-state index contributed by atoms with van der Waals surface area (Å²) >= 11 is 0. The molecule has 4 aromatic rings. The number of benzene rings is 2. The standard InChI is InChI=1S/C27H31N7O2/c1-31-11-13-34(14-12-31)27(35)28-20-5-3-19(4-6-20)25-29-24-21-9-10-32(2)23(21)8-7-22(24)26(30-25)33-15-17-36-18-16-33/h3-10H,11-18H2,1-2H3,(H,28,35). The van der Waals surface area contributed by atoms with Crippen LogP contribution >= 0.6 is 0 Å². The van der Waals surface area contributed by atoms with E-state index in [4.69, 9.17) is 14.7 Å². The Morgan fingerprint density at radius 2 is 1.61 bits per heavy atom. The van der Waals surface area contributed by atoms with Crippen LogP contribution in [0.2, 0.25) is 0 Å². The lowest BCUT2D eigenvalue weighted by Crippen LogP contribution is -2.48. The van der Waals surface area contributed by atoms with Crippen molar-refractivity contribution in [2.24, 2.45) is 7.05 Å². The van der Waals surface area contributed by atoms with Gasteiger partial charge < -0.3 is 29.3 Å². The Bertz CT molecular complexity index is 1400. The zero-order chi connectivity index (χ0) is 24.6. The number of anilines is 2. The highest BCUT2D eigenvalue weighted by Gasteiger charge is 2.21. The number of fused-ring (bicyclic) bond motifs is 3. The van der Waals surface area contributed by atoms with Crippen LogP contribution in [-0.4, -0.2) is 89.9 Å². The number of nitrogens with one attached hydrogen (secondary N) is 1. The molecular weight excluding hydrogens is 454 g/mol. The summed E-state index contributed by atoms with van der Waals surface area (Å²) < 4.78 is 7.70. The first-order valence-corrected chi connectivity index (χ1v) is 12.5. The predicted molar refractivity (Wildman–Crippen MR) is 143 cm³/mol. The van der Waals surface area contributed by atoms with Crippen molar-refractivity contribution in [1.82, 2.24) is 24.3 Å². The van der Waals surface area contributed by atoms with Crippen molar-refractivity contribution < 1.29 is 9.53 Å². The number of nitrogens with zero attached hydrogens (tertiary/aromatic N) is 6. The van der Waals surface area contributed by atoms with Gasteiger partial charge in [-0.25, -0.2) is 14.8 Å². The Morgan fingerprint density at radius 1 is 0.861 bits per heavy atom. The van der Waals surface area contributed by atoms with Gasteiger partial charge in [0.05, 0.1) is 18.7 Å². The van der Waals surface area contributed by atoms with Gasteiger partial charge in [0.25, 0.3) is 0 Å². The normalized spacial score (nSPS) is 17.2. The van der Waals surface area contributed by atoms with E-state index in [2.05, 4.69) is 51.1 Å². The van der Waals surface area contributed by atoms with Crippen LogP contribution < -0.4 is 10.2 Å². The van der Waals surface area contributed by atoms with Gasteiger partial charge in [-0.3, -0.25) is 0 Å². The number of amides is 2. The van der Waals surface area contributed by atoms with E-state index in [0.29, 0.717) is 19.0 Å². The Labute approximate surface area is 210 Å². The summed E-state index contributed by atoms with van der Waals surface area (Å²) in [6.45, 7) is 6.25. The monoisotopic (exact) mass is 485 g/mol. The van der Waals surface area contributed by atoms with Crippen molar-refractivity contribution >= 4 is 39.3 Å². The van der Waals surface area contributed by atoms with Crippen molar-refractivity contribution in [2.75, 3.05) is 69.7 Å². The highest BCUT2D eigenvalue weighted by atomic mass is 16.5. The van der Waals surface area contributed by atoms with E-state index in [1.54, 1.807) is 0 Å². The van der Waals surface area contributed by atoms with Crippen molar-refractivity contribution in [3.63, 3.8) is 0 Å². The molecule has 2 aromatic carbocycles. The van der Waals surface area contributed by atoms with Gasteiger partial charge in [0, 0.05) is 80.1 Å². The van der Waals surface area contributed by atoms with Crippen molar-refractivity contribution in [1.29, 1.82) is 0 Å². The van der Waals surface area contributed by atoms with Crippen molar-refractivity contribution in [2.45, 2.75) is 0 Å². The second kappa shape index (κ2) is 9.40. The van der Waals surface area contributed by atoms with E-state index in [0.717, 1.165) is 78.1 Å². The molecule has 2 aliphatic rings. The quantitative estimate of drug-likeness (QED) is 0.479. The summed E-state index contributed by atoms with van der Waals surface area (Å²) in [5.74, 6) is 1.62. The van der Waals surface area contributed by atoms with Gasteiger partial charge in [-0.2, -0.15) is 0 Å². The largest absolute Gasteiger partial charge is 0.378 e. The summed E-state index contributed by atoms with van der Waals surface area (Å²) in [5, 5.41) is 5.19. The first-order valence-electron chi connectivity index (χ1n) is 12.5. The number of morpholine rings is 1. The molecule has 2 saturated heterocycles. The molecule has 0 saturated carbocycles. The lowest BCUT2D eigenvalue weighted by atomic mass is 10.1. The fraction of sp³-hybridized carbons (Fsp3) is 0.370. The van der Waals surface area contributed by atoms with Crippen LogP contribution in [0.1, 0.15) is 0 Å². The average molecular weight is 486 g/mol. The molecule has 9 nitrogen and oxygen atoms in total. The zero-order valence-electron chi connectivity index (χ0n) is 20.8. The number of piperazine rings is 1. The number of aromatic nitrogens is 3. The Kier molecular flexibility index (Phi) is 5.94. The predicted octanol–water partition coefficient (Wildman–Crippen LogP) is 3.40. The van der Waals surface area contributed by atoms with E-state index in [-0.39, 0.29) is 6.03 Å². The fourth-order valence-electron chi connectivity index (χ4n) is 4.99. The van der Waals surface area contributed by atoms with Gasteiger partial charge in [-0.15, -0.1) is 0 Å². The second-order valence-corrected chi connectivity index (χ2v) is 9.59. The molecule has 2 aliphatic heterocycles. The van der Waals surface area contributed by atoms with E-state index < -0.39 is 0 Å². The minimum atomic E-state index is -0.0566. The molecular formula is C27H31N7O2. The molecule has 0 bridgehead atoms. The molecule has 2 fully saturated rings. The van der Waals surface area contributed by atoms with E-state index in [9.17, 15) is 4.79 Å². The molecule has 1 N–H and O–H groups in total. The number of rotatable bonds is 3. The second-order valence-electron chi connectivity index (χ2n) is 9.59. The third kappa shape index (κ3) is 4.25. The SMILES string of the molecule is CN1CCN(C(=O)Nc2ccc(-c3nc(N4CCOCC4)c4ccc5c(ccn5C)c4n3)cc2)CC1. The van der Waals surface area contributed by atoms with Gasteiger partial charge in [-0.05, 0) is 49.5 Å². The topological polar surface area (TPSA) is 78.8 Å².